The van der Waals surface area contributed by atoms with Crippen LogP contribution in [-0.4, -0.2) is 20.3 Å². The van der Waals surface area contributed by atoms with Crippen molar-refractivity contribution in [3.63, 3.8) is 0 Å². The summed E-state index contributed by atoms with van der Waals surface area (Å²) >= 11 is 0. The molecule has 2 aromatic heterocycles. The first-order valence-corrected chi connectivity index (χ1v) is 10.0. The van der Waals surface area contributed by atoms with E-state index in [9.17, 15) is 9.59 Å². The number of anilines is 1. The Morgan fingerprint density at radius 1 is 1.03 bits per heavy atom. The second-order valence-electron chi connectivity index (χ2n) is 7.39. The van der Waals surface area contributed by atoms with Crippen LogP contribution in [0.3, 0.4) is 0 Å². The van der Waals surface area contributed by atoms with Crippen molar-refractivity contribution in [1.82, 2.24) is 14.3 Å². The Morgan fingerprint density at radius 3 is 2.50 bits per heavy atom. The number of para-hydroxylation sites is 1. The second-order valence-corrected chi connectivity index (χ2v) is 7.39. The van der Waals surface area contributed by atoms with E-state index in [4.69, 9.17) is 0 Å². The van der Waals surface area contributed by atoms with Crippen molar-refractivity contribution in [2.45, 2.75) is 33.7 Å². The Balaban J connectivity index is 1.80. The van der Waals surface area contributed by atoms with Gasteiger partial charge >= 0.3 is 0 Å². The van der Waals surface area contributed by atoms with E-state index in [1.165, 1.54) is 0 Å². The Kier molecular flexibility index (Phi) is 5.23. The molecule has 0 radical (unpaired) electrons. The maximum atomic E-state index is 13.2. The Bertz CT molecular complexity index is 1280. The minimum atomic E-state index is -0.213. The van der Waals surface area contributed by atoms with Gasteiger partial charge in [0.15, 0.2) is 5.65 Å². The van der Waals surface area contributed by atoms with Gasteiger partial charge in [-0.3, -0.25) is 14.3 Å². The summed E-state index contributed by atoms with van der Waals surface area (Å²) < 4.78 is 3.19. The molecule has 0 aliphatic rings. The van der Waals surface area contributed by atoms with Gasteiger partial charge in [0, 0.05) is 11.9 Å². The van der Waals surface area contributed by atoms with Crippen molar-refractivity contribution in [2.24, 2.45) is 0 Å². The summed E-state index contributed by atoms with van der Waals surface area (Å²) in [5.74, 6) is -0.213. The number of carbonyl (C=O) groups excluding carboxylic acids is 1. The third-order valence-corrected chi connectivity index (χ3v) is 5.30. The van der Waals surface area contributed by atoms with Crippen molar-refractivity contribution >= 4 is 22.6 Å². The van der Waals surface area contributed by atoms with Crippen LogP contribution < -0.4 is 10.9 Å². The van der Waals surface area contributed by atoms with Gasteiger partial charge in [0.2, 0.25) is 5.91 Å². The zero-order chi connectivity index (χ0) is 21.3. The van der Waals surface area contributed by atoms with Crippen molar-refractivity contribution in [1.29, 1.82) is 0 Å². The number of aryl methyl sites for hydroxylation is 3. The number of amides is 1. The van der Waals surface area contributed by atoms with E-state index in [1.54, 1.807) is 27.7 Å². The Morgan fingerprint density at radius 2 is 1.77 bits per heavy atom. The fourth-order valence-electron chi connectivity index (χ4n) is 3.73. The van der Waals surface area contributed by atoms with E-state index in [-0.39, 0.29) is 18.0 Å². The van der Waals surface area contributed by atoms with Gasteiger partial charge in [-0.25, -0.2) is 9.67 Å². The quantitative estimate of drug-likeness (QED) is 0.550. The lowest BCUT2D eigenvalue weighted by Gasteiger charge is -2.15. The first-order valence-electron chi connectivity index (χ1n) is 10.0. The molecule has 1 N–H and O–H groups in total. The largest absolute Gasteiger partial charge is 0.324 e. The van der Waals surface area contributed by atoms with Crippen LogP contribution in [0.15, 0.2) is 65.6 Å². The third kappa shape index (κ3) is 3.52. The van der Waals surface area contributed by atoms with Gasteiger partial charge in [0.05, 0.1) is 11.1 Å². The topological polar surface area (TPSA) is 68.9 Å². The Hall–Kier alpha value is -3.67. The van der Waals surface area contributed by atoms with E-state index >= 15 is 0 Å². The molecule has 6 nitrogen and oxygen atoms in total. The lowest BCUT2D eigenvalue weighted by Crippen LogP contribution is -2.27. The van der Waals surface area contributed by atoms with Crippen LogP contribution in [0.4, 0.5) is 5.69 Å². The second kappa shape index (κ2) is 7.99. The molecule has 2 aromatic carbocycles. The number of carbonyl (C=O) groups is 1. The lowest BCUT2D eigenvalue weighted by atomic mass is 10.1. The number of hydrogen-bond acceptors (Lipinski definition) is 3. The first-order chi connectivity index (χ1) is 14.5. The van der Waals surface area contributed by atoms with Crippen molar-refractivity contribution in [3.8, 4) is 5.69 Å². The lowest BCUT2D eigenvalue weighted by molar-refractivity contribution is -0.117. The highest BCUT2D eigenvalue weighted by molar-refractivity contribution is 5.93. The molecule has 0 spiro atoms. The maximum absolute atomic E-state index is 13.2. The number of pyridine rings is 1. The number of fused-ring (bicyclic) bond motifs is 1. The molecule has 152 valence electrons. The van der Waals surface area contributed by atoms with Gasteiger partial charge < -0.3 is 5.32 Å². The van der Waals surface area contributed by atoms with Crippen LogP contribution >= 0.6 is 0 Å². The number of nitrogens with one attached hydrogen (secondary N) is 1. The zero-order valence-electron chi connectivity index (χ0n) is 17.3. The van der Waals surface area contributed by atoms with Gasteiger partial charge in [-0.05, 0) is 61.2 Å². The third-order valence-electron chi connectivity index (χ3n) is 5.30. The summed E-state index contributed by atoms with van der Waals surface area (Å²) in [5.41, 5.74) is 4.92. The standard InChI is InChI=1S/C24H24N4O2/c1-4-18-10-6-11-19(14-18)28-24(30)20-12-7-13-25-23(20)27(28)15-21(29)26-22-16(2)8-5-9-17(22)3/h5-14H,4,15H2,1-3H3,(H,26,29). The summed E-state index contributed by atoms with van der Waals surface area (Å²) in [6.07, 6.45) is 2.49. The van der Waals surface area contributed by atoms with Crippen LogP contribution in [0.2, 0.25) is 0 Å². The number of nitrogens with zero attached hydrogens (tertiary/aromatic N) is 3. The van der Waals surface area contributed by atoms with Crippen LogP contribution in [0, 0.1) is 13.8 Å². The minimum absolute atomic E-state index is 0.0279. The molecule has 0 aliphatic carbocycles. The van der Waals surface area contributed by atoms with E-state index < -0.39 is 0 Å². The van der Waals surface area contributed by atoms with Crippen molar-refractivity contribution in [2.75, 3.05) is 5.32 Å². The molecule has 1 amide bonds. The fraction of sp³-hybridized carbons (Fsp3) is 0.208. The Labute approximate surface area is 174 Å². The monoisotopic (exact) mass is 400 g/mol. The van der Waals surface area contributed by atoms with Gasteiger partial charge in [0.1, 0.15) is 6.54 Å². The minimum Gasteiger partial charge on any atom is -0.324 e. The van der Waals surface area contributed by atoms with Crippen LogP contribution in [-0.2, 0) is 17.8 Å². The first kappa shape index (κ1) is 19.6. The molecule has 0 bridgehead atoms. The van der Waals surface area contributed by atoms with E-state index in [0.717, 1.165) is 34.5 Å². The highest BCUT2D eigenvalue weighted by atomic mass is 16.2. The summed E-state index contributed by atoms with van der Waals surface area (Å²) in [7, 11) is 0. The normalized spacial score (nSPS) is 11.0. The predicted molar refractivity (Wildman–Crippen MR) is 119 cm³/mol. The molecule has 0 saturated heterocycles. The molecule has 0 fully saturated rings. The van der Waals surface area contributed by atoms with Crippen molar-refractivity contribution < 1.29 is 4.79 Å². The van der Waals surface area contributed by atoms with E-state index in [1.807, 2.05) is 56.3 Å². The molecule has 0 saturated carbocycles. The van der Waals surface area contributed by atoms with Crippen LogP contribution in [0.5, 0.6) is 0 Å². The number of aromatic nitrogens is 3. The molecular formula is C24H24N4O2. The molecule has 0 unspecified atom stereocenters. The highest BCUT2D eigenvalue weighted by Gasteiger charge is 2.18. The predicted octanol–water partition coefficient (Wildman–Crippen LogP) is 4.01. The molecule has 0 aliphatic heterocycles. The zero-order valence-corrected chi connectivity index (χ0v) is 17.3. The van der Waals surface area contributed by atoms with E-state index in [2.05, 4.69) is 17.2 Å². The summed E-state index contributed by atoms with van der Waals surface area (Å²) in [6, 6.07) is 17.1. The summed E-state index contributed by atoms with van der Waals surface area (Å²) in [4.78, 5) is 30.5. The fourth-order valence-corrected chi connectivity index (χ4v) is 3.73. The number of benzene rings is 2. The number of hydrogen-bond donors (Lipinski definition) is 1. The molecule has 30 heavy (non-hydrogen) atoms. The van der Waals surface area contributed by atoms with Gasteiger partial charge in [0.25, 0.3) is 5.56 Å². The summed E-state index contributed by atoms with van der Waals surface area (Å²) in [6.45, 7) is 5.96. The van der Waals surface area contributed by atoms with Crippen molar-refractivity contribution in [3.05, 3.63) is 87.8 Å². The molecule has 0 atom stereocenters. The molecule has 4 aromatic rings. The molecule has 2 heterocycles. The summed E-state index contributed by atoms with van der Waals surface area (Å²) in [5, 5.41) is 3.48. The average Bonchev–Trinajstić information content (AvgIpc) is 3.03. The molecule has 4 rings (SSSR count). The smallest absolute Gasteiger partial charge is 0.280 e. The molecule has 6 heteroatoms. The average molecular weight is 400 g/mol. The number of rotatable bonds is 5. The highest BCUT2D eigenvalue weighted by Crippen LogP contribution is 2.20. The van der Waals surface area contributed by atoms with Gasteiger partial charge in [-0.2, -0.15) is 0 Å². The van der Waals surface area contributed by atoms with Gasteiger partial charge in [-0.15, -0.1) is 0 Å². The molecular weight excluding hydrogens is 376 g/mol. The van der Waals surface area contributed by atoms with Crippen LogP contribution in [0.1, 0.15) is 23.6 Å². The SMILES string of the molecule is CCc1cccc(-n2c(=O)c3cccnc3n2CC(=O)Nc2c(C)cccc2C)c1. The van der Waals surface area contributed by atoms with Crippen LogP contribution in [0.25, 0.3) is 16.7 Å². The van der Waals surface area contributed by atoms with Gasteiger partial charge in [-0.1, -0.05) is 37.3 Å². The van der Waals surface area contributed by atoms with E-state index in [0.29, 0.717) is 11.0 Å². The maximum Gasteiger partial charge on any atom is 0.280 e.